The normalized spacial score (nSPS) is 13.6. The van der Waals surface area contributed by atoms with Crippen molar-refractivity contribution in [3.8, 4) is 29.0 Å². The summed E-state index contributed by atoms with van der Waals surface area (Å²) in [6, 6.07) is 9.38. The SMILES string of the molecule is Cc1ncc(N2CCOCC2)cc1Oc1cc(C#N)ccc1-c1ncc(CCN)cn1. The van der Waals surface area contributed by atoms with Crippen molar-refractivity contribution in [2.75, 3.05) is 37.7 Å². The molecule has 0 bridgehead atoms. The molecule has 0 spiro atoms. The Morgan fingerprint density at radius 1 is 1.10 bits per heavy atom. The average molecular weight is 416 g/mol. The van der Waals surface area contributed by atoms with Crippen LogP contribution < -0.4 is 15.4 Å². The van der Waals surface area contributed by atoms with Crippen molar-refractivity contribution in [3.05, 3.63) is 59.7 Å². The quantitative estimate of drug-likeness (QED) is 0.653. The van der Waals surface area contributed by atoms with Gasteiger partial charge in [-0.3, -0.25) is 4.98 Å². The van der Waals surface area contributed by atoms with Gasteiger partial charge in [-0.25, -0.2) is 9.97 Å². The molecular formula is C23H24N6O2. The van der Waals surface area contributed by atoms with Crippen LogP contribution in [-0.2, 0) is 11.2 Å². The summed E-state index contributed by atoms with van der Waals surface area (Å²) >= 11 is 0. The van der Waals surface area contributed by atoms with Crippen LogP contribution in [0.15, 0.2) is 42.9 Å². The van der Waals surface area contributed by atoms with Crippen molar-refractivity contribution >= 4 is 5.69 Å². The van der Waals surface area contributed by atoms with Gasteiger partial charge in [0, 0.05) is 31.5 Å². The molecule has 0 amide bonds. The van der Waals surface area contributed by atoms with Crippen LogP contribution in [0.1, 0.15) is 16.8 Å². The molecular weight excluding hydrogens is 392 g/mol. The van der Waals surface area contributed by atoms with Crippen LogP contribution in [-0.4, -0.2) is 47.8 Å². The molecule has 1 saturated heterocycles. The van der Waals surface area contributed by atoms with Gasteiger partial charge in [-0.05, 0) is 43.7 Å². The van der Waals surface area contributed by atoms with Gasteiger partial charge < -0.3 is 20.1 Å². The van der Waals surface area contributed by atoms with Crippen LogP contribution >= 0.6 is 0 Å². The fraction of sp³-hybridized carbons (Fsp3) is 0.304. The maximum atomic E-state index is 9.37. The number of pyridine rings is 1. The summed E-state index contributed by atoms with van der Waals surface area (Å²) in [6.45, 7) is 5.43. The Morgan fingerprint density at radius 2 is 1.87 bits per heavy atom. The van der Waals surface area contributed by atoms with Crippen LogP contribution in [0.25, 0.3) is 11.4 Å². The molecule has 0 saturated carbocycles. The van der Waals surface area contributed by atoms with Crippen molar-refractivity contribution < 1.29 is 9.47 Å². The van der Waals surface area contributed by atoms with E-state index in [4.69, 9.17) is 15.2 Å². The average Bonchev–Trinajstić information content (AvgIpc) is 2.82. The highest BCUT2D eigenvalue weighted by Gasteiger charge is 2.16. The Hall–Kier alpha value is -3.54. The molecule has 31 heavy (non-hydrogen) atoms. The van der Waals surface area contributed by atoms with Crippen LogP contribution in [0.3, 0.4) is 0 Å². The predicted molar refractivity (Wildman–Crippen MR) is 117 cm³/mol. The number of ether oxygens (including phenoxy) is 2. The second kappa shape index (κ2) is 9.51. The molecule has 0 radical (unpaired) electrons. The number of nitrogens with zero attached hydrogens (tertiary/aromatic N) is 5. The van der Waals surface area contributed by atoms with Crippen LogP contribution in [0.5, 0.6) is 11.5 Å². The van der Waals surface area contributed by atoms with Gasteiger partial charge in [0.1, 0.15) is 5.75 Å². The third-order valence-electron chi connectivity index (χ3n) is 5.11. The summed E-state index contributed by atoms with van der Waals surface area (Å²) in [7, 11) is 0. The van der Waals surface area contributed by atoms with Gasteiger partial charge in [-0.2, -0.15) is 5.26 Å². The Labute approximate surface area is 181 Å². The minimum Gasteiger partial charge on any atom is -0.455 e. The number of hydrogen-bond donors (Lipinski definition) is 1. The summed E-state index contributed by atoms with van der Waals surface area (Å²) in [4.78, 5) is 15.7. The van der Waals surface area contributed by atoms with E-state index in [0.717, 1.165) is 36.5 Å². The van der Waals surface area contributed by atoms with Gasteiger partial charge in [0.15, 0.2) is 11.6 Å². The summed E-state index contributed by atoms with van der Waals surface area (Å²) < 4.78 is 11.7. The van der Waals surface area contributed by atoms with Crippen molar-refractivity contribution in [2.45, 2.75) is 13.3 Å². The molecule has 158 valence electrons. The van der Waals surface area contributed by atoms with E-state index < -0.39 is 0 Å². The Balaban J connectivity index is 1.68. The first-order valence-electron chi connectivity index (χ1n) is 10.2. The van der Waals surface area contributed by atoms with Gasteiger partial charge in [-0.15, -0.1) is 0 Å². The second-order valence-electron chi connectivity index (χ2n) is 7.25. The summed E-state index contributed by atoms with van der Waals surface area (Å²) in [6.07, 6.45) is 6.10. The molecule has 2 aromatic heterocycles. The van der Waals surface area contributed by atoms with Crippen LogP contribution in [0.4, 0.5) is 5.69 Å². The van der Waals surface area contributed by atoms with Crippen LogP contribution in [0.2, 0.25) is 0 Å². The number of anilines is 1. The summed E-state index contributed by atoms with van der Waals surface area (Å²) in [5, 5.41) is 9.37. The fourth-order valence-corrected chi connectivity index (χ4v) is 3.37. The smallest absolute Gasteiger partial charge is 0.162 e. The van der Waals surface area contributed by atoms with Crippen molar-refractivity contribution in [3.63, 3.8) is 0 Å². The molecule has 4 rings (SSSR count). The molecule has 1 aromatic carbocycles. The fourth-order valence-electron chi connectivity index (χ4n) is 3.37. The first-order chi connectivity index (χ1) is 15.2. The lowest BCUT2D eigenvalue weighted by Gasteiger charge is -2.29. The lowest BCUT2D eigenvalue weighted by atomic mass is 10.1. The molecule has 8 nitrogen and oxygen atoms in total. The minimum atomic E-state index is 0.494. The minimum absolute atomic E-state index is 0.494. The van der Waals surface area contributed by atoms with Crippen molar-refractivity contribution in [1.29, 1.82) is 5.26 Å². The molecule has 0 atom stereocenters. The van der Waals surface area contributed by atoms with E-state index in [1.165, 1.54) is 0 Å². The maximum absolute atomic E-state index is 9.37. The molecule has 2 N–H and O–H groups in total. The topological polar surface area (TPSA) is 110 Å². The second-order valence-corrected chi connectivity index (χ2v) is 7.25. The van der Waals surface area contributed by atoms with Gasteiger partial charge in [0.2, 0.25) is 0 Å². The zero-order valence-corrected chi connectivity index (χ0v) is 17.4. The highest BCUT2D eigenvalue weighted by atomic mass is 16.5. The third kappa shape index (κ3) is 4.79. The maximum Gasteiger partial charge on any atom is 0.162 e. The lowest BCUT2D eigenvalue weighted by Crippen LogP contribution is -2.36. The molecule has 3 heterocycles. The number of morpholine rings is 1. The zero-order chi connectivity index (χ0) is 21.6. The highest BCUT2D eigenvalue weighted by molar-refractivity contribution is 5.67. The number of rotatable bonds is 6. The zero-order valence-electron chi connectivity index (χ0n) is 17.4. The lowest BCUT2D eigenvalue weighted by molar-refractivity contribution is 0.122. The molecule has 1 fully saturated rings. The largest absolute Gasteiger partial charge is 0.455 e. The van der Waals surface area contributed by atoms with Gasteiger partial charge >= 0.3 is 0 Å². The van der Waals surface area contributed by atoms with E-state index in [9.17, 15) is 5.26 Å². The third-order valence-corrected chi connectivity index (χ3v) is 5.11. The first-order valence-corrected chi connectivity index (χ1v) is 10.2. The van der Waals surface area contributed by atoms with E-state index in [0.29, 0.717) is 48.2 Å². The van der Waals surface area contributed by atoms with E-state index in [1.807, 2.05) is 19.2 Å². The number of hydrogen-bond acceptors (Lipinski definition) is 8. The molecule has 0 unspecified atom stereocenters. The predicted octanol–water partition coefficient (Wildman–Crippen LogP) is 2.85. The van der Waals surface area contributed by atoms with Gasteiger partial charge in [-0.1, -0.05) is 0 Å². The van der Waals surface area contributed by atoms with Crippen molar-refractivity contribution in [2.24, 2.45) is 5.73 Å². The first kappa shape index (κ1) is 20.7. The standard InChI is InChI=1S/C23H24N6O2/c1-16-21(11-19(15-26-16)29-6-8-30-9-7-29)31-22-10-17(12-25)2-3-20(22)23-27-13-18(4-5-24)14-28-23/h2-3,10-11,13-15H,4-9,24H2,1H3. The Bertz CT molecular complexity index is 1090. The monoisotopic (exact) mass is 416 g/mol. The van der Waals surface area contributed by atoms with Gasteiger partial charge in [0.25, 0.3) is 0 Å². The Morgan fingerprint density at radius 3 is 2.58 bits per heavy atom. The molecule has 1 aliphatic heterocycles. The van der Waals surface area contributed by atoms with E-state index in [-0.39, 0.29) is 0 Å². The van der Waals surface area contributed by atoms with Crippen molar-refractivity contribution in [1.82, 2.24) is 15.0 Å². The van der Waals surface area contributed by atoms with E-state index >= 15 is 0 Å². The molecule has 0 aliphatic carbocycles. The summed E-state index contributed by atoms with van der Waals surface area (Å²) in [5.74, 6) is 1.66. The van der Waals surface area contributed by atoms with E-state index in [2.05, 4.69) is 25.9 Å². The molecule has 1 aliphatic rings. The Kier molecular flexibility index (Phi) is 6.36. The number of nitriles is 1. The van der Waals surface area contributed by atoms with E-state index in [1.54, 1.807) is 30.6 Å². The van der Waals surface area contributed by atoms with Crippen LogP contribution in [0, 0.1) is 18.3 Å². The van der Waals surface area contributed by atoms with Gasteiger partial charge in [0.05, 0.1) is 48.0 Å². The summed E-state index contributed by atoms with van der Waals surface area (Å²) in [5.41, 5.74) is 9.51. The number of aryl methyl sites for hydroxylation is 1. The number of nitrogens with two attached hydrogens (primary N) is 1. The molecule has 3 aromatic rings. The number of aromatic nitrogens is 3. The number of benzene rings is 1. The highest BCUT2D eigenvalue weighted by Crippen LogP contribution is 2.35. The molecule has 8 heteroatoms.